The van der Waals surface area contributed by atoms with Gasteiger partial charge in [-0.05, 0) is 0 Å². The van der Waals surface area contributed by atoms with Gasteiger partial charge < -0.3 is 40.2 Å². The maximum Gasteiger partial charge on any atom is 1.00 e. The van der Waals surface area contributed by atoms with Crippen molar-refractivity contribution < 1.29 is 451 Å². The summed E-state index contributed by atoms with van der Waals surface area (Å²) in [5.41, 5.74) is 1.21. The Balaban J connectivity index is -0.0000000617. The van der Waals surface area contributed by atoms with Crippen LogP contribution in [0, 0.1) is 0 Å². The smallest absolute Gasteiger partial charge is 0.889 e. The number of rotatable bonds is 4. The van der Waals surface area contributed by atoms with Crippen LogP contribution in [0.5, 0.6) is 0 Å². The summed E-state index contributed by atoms with van der Waals surface area (Å²) in [6, 6.07) is 32.8. The summed E-state index contributed by atoms with van der Waals surface area (Å²) in [4.78, 5) is 0. The molecule has 4 aromatic rings. The second kappa shape index (κ2) is 49.1. The largest absolute Gasteiger partial charge is 1.00 e. The van der Waals surface area contributed by atoms with Gasteiger partial charge in [-0.25, -0.2) is 0 Å². The topological polar surface area (TPSA) is 184 Å². The van der Waals surface area contributed by atoms with Gasteiger partial charge in [-0.1, -0.05) is 150 Å². The first-order valence-corrected chi connectivity index (χ1v) is 10.7. The van der Waals surface area contributed by atoms with Crippen LogP contribution < -0.4 is 473 Å². The van der Waals surface area contributed by atoms with Crippen molar-refractivity contribution >= 4 is 50.3 Å². The zero-order valence-corrected chi connectivity index (χ0v) is 52.1. The molecule has 0 unspecified atom stereocenters. The van der Waals surface area contributed by atoms with E-state index >= 15 is 0 Å². The van der Waals surface area contributed by atoms with Gasteiger partial charge in [-0.15, -0.1) is 21.9 Å². The number of hydrogen-bond acceptors (Lipinski definition) is 8. The fraction of sp³-hybridized carbons (Fsp3) is 0. The summed E-state index contributed by atoms with van der Waals surface area (Å²) in [6.45, 7) is 0. The summed E-state index contributed by atoms with van der Waals surface area (Å²) in [6.07, 6.45) is 0. The monoisotopic (exact) mass is 792 g/mol. The fourth-order valence-electron chi connectivity index (χ4n) is 2.44. The molecule has 0 aliphatic carbocycles. The van der Waals surface area contributed by atoms with E-state index in [0.29, 0.717) is 21.9 Å². The molecule has 0 amide bonds. The molecule has 0 radical (unpaired) electrons. The first-order valence-electron chi connectivity index (χ1n) is 10.7. The molecular formula is C24H20B4K8O8. The Bertz CT molecular complexity index is 899. The molecule has 0 aliphatic heterocycles. The van der Waals surface area contributed by atoms with Crippen molar-refractivity contribution in [3.63, 3.8) is 0 Å². The van der Waals surface area contributed by atoms with E-state index in [0.717, 1.165) is 0 Å². The van der Waals surface area contributed by atoms with Crippen molar-refractivity contribution in [2.45, 2.75) is 0 Å². The molecule has 0 aliphatic rings. The van der Waals surface area contributed by atoms with Crippen molar-refractivity contribution in [2.75, 3.05) is 0 Å². The number of hydrogen-bond donors (Lipinski definition) is 0. The molecular weight excluding hydrogens is 772 g/mol. The predicted molar refractivity (Wildman–Crippen MR) is 127 cm³/mol. The molecule has 20 heteroatoms. The summed E-state index contributed by atoms with van der Waals surface area (Å²) in [5.74, 6) is 0. The minimum absolute atomic E-state index is 0. The first kappa shape index (κ1) is 71.6. The van der Waals surface area contributed by atoms with Crippen LogP contribution in [0.4, 0.5) is 0 Å². The Hall–Kier alpha value is 9.91. The first-order chi connectivity index (χ1) is 17.2. The maximum atomic E-state index is 10.2. The van der Waals surface area contributed by atoms with Crippen LogP contribution in [0.2, 0.25) is 0 Å². The molecule has 4 aromatic carbocycles. The van der Waals surface area contributed by atoms with Crippen LogP contribution in [0.3, 0.4) is 0 Å². The second-order valence-corrected chi connectivity index (χ2v) is 6.97. The Labute approximate surface area is 603 Å². The SMILES string of the molecule is [K+].[K+].[K+].[K+].[K+].[K+].[K+].[K+].[O-]B([O-])c1ccccc1.[O-]B([O-])c1ccccc1.[O-]B([O-])c1ccccc1.[O-]B([O-])c1ccccc1. The van der Waals surface area contributed by atoms with E-state index in [1.54, 1.807) is 72.8 Å². The predicted octanol–water partition coefficient (Wildman–Crippen LogP) is -31.6. The van der Waals surface area contributed by atoms with Gasteiger partial charge in [0.2, 0.25) is 0 Å². The average molecular weight is 792 g/mol. The van der Waals surface area contributed by atoms with Crippen LogP contribution in [0.1, 0.15) is 0 Å². The van der Waals surface area contributed by atoms with Crippen LogP contribution >= 0.6 is 0 Å². The molecule has 0 N–H and O–H groups in total. The van der Waals surface area contributed by atoms with Crippen molar-refractivity contribution in [3.05, 3.63) is 121 Å². The van der Waals surface area contributed by atoms with Gasteiger partial charge >= 0.3 is 411 Å². The molecule has 0 heterocycles. The Morgan fingerprint density at radius 2 is 0.341 bits per heavy atom. The third kappa shape index (κ3) is 40.1. The van der Waals surface area contributed by atoms with Gasteiger partial charge in [-0.3, -0.25) is 0 Å². The van der Waals surface area contributed by atoms with Crippen LogP contribution in [-0.2, 0) is 0 Å². The number of benzene rings is 4. The fourth-order valence-corrected chi connectivity index (χ4v) is 2.44. The minimum atomic E-state index is -1.84. The molecule has 44 heavy (non-hydrogen) atoms. The Morgan fingerprint density at radius 1 is 0.227 bits per heavy atom. The molecule has 0 saturated carbocycles. The minimum Gasteiger partial charge on any atom is -0.889 e. The van der Waals surface area contributed by atoms with E-state index in [-0.39, 0.29) is 411 Å². The van der Waals surface area contributed by atoms with Crippen molar-refractivity contribution in [1.82, 2.24) is 0 Å². The summed E-state index contributed by atoms with van der Waals surface area (Å²) in [7, 11) is -7.37. The zero-order valence-electron chi connectivity index (χ0n) is 27.1. The Kier molecular flexibility index (Phi) is 79.8. The third-order valence-corrected chi connectivity index (χ3v) is 4.29. The molecule has 0 aromatic heterocycles. The normalized spacial score (nSPS) is 7.45. The van der Waals surface area contributed by atoms with Crippen molar-refractivity contribution in [1.29, 1.82) is 0 Å². The zero-order chi connectivity index (χ0) is 26.8. The average Bonchev–Trinajstić information content (AvgIpc) is 2.92. The van der Waals surface area contributed by atoms with Gasteiger partial charge in [0.1, 0.15) is 0 Å². The standard InChI is InChI=1S/4C6H5BO2.8K/c4*8-7(9)6-4-2-1-3-5-6;;;;;;;;/h4*1-5H;;;;;;;;/q4*-2;8*+1. The van der Waals surface area contributed by atoms with E-state index in [1.807, 2.05) is 0 Å². The van der Waals surface area contributed by atoms with Gasteiger partial charge in [0.25, 0.3) is 0 Å². The molecule has 0 saturated heterocycles. The van der Waals surface area contributed by atoms with Gasteiger partial charge in [0.15, 0.2) is 0 Å². The molecule has 8 nitrogen and oxygen atoms in total. The molecule has 184 valence electrons. The molecule has 4 rings (SSSR count). The summed E-state index contributed by atoms with van der Waals surface area (Å²) in [5, 5.41) is 81.4. The molecule has 0 atom stereocenters. The van der Waals surface area contributed by atoms with E-state index < -0.39 is 28.5 Å². The van der Waals surface area contributed by atoms with Crippen molar-refractivity contribution in [2.24, 2.45) is 0 Å². The van der Waals surface area contributed by atoms with Crippen LogP contribution in [-0.4, -0.2) is 28.5 Å². The van der Waals surface area contributed by atoms with Crippen LogP contribution in [0.15, 0.2) is 121 Å². The van der Waals surface area contributed by atoms with Gasteiger partial charge in [0.05, 0.1) is 0 Å². The van der Waals surface area contributed by atoms with E-state index in [2.05, 4.69) is 0 Å². The van der Waals surface area contributed by atoms with Crippen molar-refractivity contribution in [3.8, 4) is 0 Å². The van der Waals surface area contributed by atoms with E-state index in [4.69, 9.17) is 0 Å². The third-order valence-electron chi connectivity index (χ3n) is 4.29. The van der Waals surface area contributed by atoms with Gasteiger partial charge in [-0.2, -0.15) is 0 Å². The summed E-state index contributed by atoms with van der Waals surface area (Å²) < 4.78 is 0. The molecule has 0 bridgehead atoms. The van der Waals surface area contributed by atoms with Crippen LogP contribution in [0.25, 0.3) is 0 Å². The summed E-state index contributed by atoms with van der Waals surface area (Å²) >= 11 is 0. The molecule has 0 spiro atoms. The van der Waals surface area contributed by atoms with Gasteiger partial charge in [0, 0.05) is 0 Å². The quantitative estimate of drug-likeness (QED) is 0.183. The molecule has 0 fully saturated rings. The van der Waals surface area contributed by atoms with E-state index in [1.165, 1.54) is 48.5 Å². The Morgan fingerprint density at radius 3 is 0.409 bits per heavy atom. The maximum absolute atomic E-state index is 10.2. The van der Waals surface area contributed by atoms with E-state index in [9.17, 15) is 40.2 Å². The second-order valence-electron chi connectivity index (χ2n) is 6.97.